The van der Waals surface area contributed by atoms with Crippen LogP contribution in [0.3, 0.4) is 0 Å². The highest BCUT2D eigenvalue weighted by atomic mass is 35.5. The summed E-state index contributed by atoms with van der Waals surface area (Å²) in [7, 11) is 0. The van der Waals surface area contributed by atoms with Crippen LogP contribution in [0.2, 0.25) is 5.02 Å². The molecule has 2 aromatic heterocycles. The molecule has 2 aromatic carbocycles. The summed E-state index contributed by atoms with van der Waals surface area (Å²) >= 11 is 6.41. The molecule has 3 heterocycles. The largest absolute Gasteiger partial charge is 0.379 e. The van der Waals surface area contributed by atoms with Crippen LogP contribution < -0.4 is 5.32 Å². The number of amides is 1. The second-order valence-corrected chi connectivity index (χ2v) is 9.51. The van der Waals surface area contributed by atoms with Gasteiger partial charge in [0, 0.05) is 48.7 Å². The van der Waals surface area contributed by atoms with Crippen LogP contribution in [-0.4, -0.2) is 58.4 Å². The normalized spacial score (nSPS) is 13.5. The first-order valence-electron chi connectivity index (χ1n) is 12.5. The maximum absolute atomic E-state index is 13.1. The molecule has 1 amide bonds. The number of carbonyl (C=O) groups is 1. The molecular weight excluding hydrogens is 498 g/mol. The van der Waals surface area contributed by atoms with E-state index in [2.05, 4.69) is 32.1 Å². The minimum Gasteiger partial charge on any atom is -0.379 e. The highest BCUT2D eigenvalue weighted by Gasteiger charge is 2.15. The molecule has 0 aliphatic carbocycles. The lowest BCUT2D eigenvalue weighted by Crippen LogP contribution is -2.38. The maximum atomic E-state index is 13.1. The summed E-state index contributed by atoms with van der Waals surface area (Å²) in [5.41, 5.74) is 4.68. The Hall–Kier alpha value is -3.96. The first kappa shape index (κ1) is 25.7. The number of benzene rings is 2. The first-order chi connectivity index (χ1) is 18.5. The topological polar surface area (TPSA) is 72.3 Å². The van der Waals surface area contributed by atoms with Gasteiger partial charge in [-0.25, -0.2) is 4.98 Å². The number of nitrogens with one attached hydrogen (secondary N) is 1. The number of rotatable bonds is 6. The summed E-state index contributed by atoms with van der Waals surface area (Å²) in [6, 6.07) is 17.1. The number of morpholine rings is 1. The fourth-order valence-electron chi connectivity index (χ4n) is 4.20. The van der Waals surface area contributed by atoms with E-state index in [1.807, 2.05) is 66.5 Å². The molecule has 1 aliphatic rings. The van der Waals surface area contributed by atoms with Gasteiger partial charge >= 0.3 is 0 Å². The zero-order chi connectivity index (χ0) is 26.3. The predicted octanol–water partition coefficient (Wildman–Crippen LogP) is 4.89. The molecule has 8 heteroatoms. The van der Waals surface area contributed by atoms with E-state index in [1.54, 1.807) is 18.3 Å². The molecule has 0 spiro atoms. The molecule has 1 saturated heterocycles. The summed E-state index contributed by atoms with van der Waals surface area (Å²) < 4.78 is 7.34. The molecule has 0 unspecified atom stereocenters. The van der Waals surface area contributed by atoms with Gasteiger partial charge in [0.25, 0.3) is 5.91 Å². The lowest BCUT2D eigenvalue weighted by molar-refractivity contribution is 0.0360. The van der Waals surface area contributed by atoms with Crippen molar-refractivity contribution in [3.8, 4) is 23.0 Å². The summed E-state index contributed by atoms with van der Waals surface area (Å²) in [6.45, 7) is 7.05. The van der Waals surface area contributed by atoms with Crippen molar-refractivity contribution >= 4 is 23.3 Å². The Bertz CT molecular complexity index is 1480. The fraction of sp³-hybridized carbons (Fsp3) is 0.233. The van der Waals surface area contributed by atoms with Gasteiger partial charge in [-0.1, -0.05) is 47.7 Å². The second-order valence-electron chi connectivity index (χ2n) is 9.10. The zero-order valence-electron chi connectivity index (χ0n) is 21.2. The van der Waals surface area contributed by atoms with Gasteiger partial charge in [-0.15, -0.1) is 0 Å². The van der Waals surface area contributed by atoms with Crippen LogP contribution in [-0.2, 0) is 11.3 Å². The van der Waals surface area contributed by atoms with Crippen molar-refractivity contribution < 1.29 is 9.53 Å². The van der Waals surface area contributed by atoms with Crippen LogP contribution in [0.25, 0.3) is 11.1 Å². The molecule has 0 bridgehead atoms. The van der Waals surface area contributed by atoms with E-state index < -0.39 is 0 Å². The number of hydrogen-bond acceptors (Lipinski definition) is 5. The number of anilines is 1. The highest BCUT2D eigenvalue weighted by molar-refractivity contribution is 6.34. The molecule has 0 radical (unpaired) electrons. The predicted molar refractivity (Wildman–Crippen MR) is 149 cm³/mol. The van der Waals surface area contributed by atoms with Crippen molar-refractivity contribution in [1.82, 2.24) is 19.7 Å². The maximum Gasteiger partial charge on any atom is 0.258 e. The third-order valence-electron chi connectivity index (χ3n) is 6.36. The number of pyridine rings is 1. The Morgan fingerprint density at radius 1 is 1.00 bits per heavy atom. The average molecular weight is 526 g/mol. The molecule has 1 fully saturated rings. The number of ether oxygens (including phenoxy) is 1. The highest BCUT2D eigenvalue weighted by Crippen LogP contribution is 2.26. The average Bonchev–Trinajstić information content (AvgIpc) is 3.42. The number of halogens is 1. The molecule has 1 N–H and O–H groups in total. The van der Waals surface area contributed by atoms with Crippen molar-refractivity contribution in [3.63, 3.8) is 0 Å². The van der Waals surface area contributed by atoms with Gasteiger partial charge in [-0.2, -0.15) is 5.10 Å². The Morgan fingerprint density at radius 2 is 1.79 bits per heavy atom. The van der Waals surface area contributed by atoms with E-state index in [-0.39, 0.29) is 5.91 Å². The standard InChI is InChI=1S/C30H28ClN5O2/c1-22-17-24(8-7-23-5-3-2-4-6-23)19-32-29(22)34-30(37)27-18-25(9-10-28(27)31)26-20-33-36(21-26)12-11-35-13-15-38-16-14-35/h2-6,9-10,17-21H,11-16H2,1H3,(H,32,34,37). The molecular formula is C30H28ClN5O2. The SMILES string of the molecule is Cc1cc(C#Cc2ccccc2)cnc1NC(=O)c1cc(-c2cnn(CCN3CCOCC3)c2)ccc1Cl. The van der Waals surface area contributed by atoms with E-state index in [9.17, 15) is 4.79 Å². The molecule has 38 heavy (non-hydrogen) atoms. The Balaban J connectivity index is 1.26. The molecule has 0 atom stereocenters. The zero-order valence-corrected chi connectivity index (χ0v) is 21.9. The molecule has 4 aromatic rings. The van der Waals surface area contributed by atoms with Crippen molar-refractivity contribution in [1.29, 1.82) is 0 Å². The van der Waals surface area contributed by atoms with Crippen LogP contribution in [0.4, 0.5) is 5.82 Å². The third kappa shape index (κ3) is 6.48. The lowest BCUT2D eigenvalue weighted by atomic mass is 10.1. The smallest absolute Gasteiger partial charge is 0.258 e. The van der Waals surface area contributed by atoms with Gasteiger partial charge in [-0.3, -0.25) is 14.4 Å². The van der Waals surface area contributed by atoms with E-state index in [0.29, 0.717) is 16.4 Å². The quantitative estimate of drug-likeness (QED) is 0.363. The van der Waals surface area contributed by atoms with E-state index in [0.717, 1.165) is 67.2 Å². The van der Waals surface area contributed by atoms with Crippen LogP contribution in [0.5, 0.6) is 0 Å². The minimum atomic E-state index is -0.324. The van der Waals surface area contributed by atoms with E-state index in [4.69, 9.17) is 16.3 Å². The van der Waals surface area contributed by atoms with Crippen molar-refractivity contribution in [2.75, 3.05) is 38.2 Å². The molecule has 5 rings (SSSR count). The monoisotopic (exact) mass is 525 g/mol. The van der Waals surface area contributed by atoms with Crippen LogP contribution in [0.15, 0.2) is 73.2 Å². The second kappa shape index (κ2) is 12.1. The minimum absolute atomic E-state index is 0.324. The molecule has 1 aliphatic heterocycles. The van der Waals surface area contributed by atoms with Crippen LogP contribution >= 0.6 is 11.6 Å². The van der Waals surface area contributed by atoms with Crippen LogP contribution in [0.1, 0.15) is 27.0 Å². The Morgan fingerprint density at radius 3 is 2.58 bits per heavy atom. The number of hydrogen-bond donors (Lipinski definition) is 1. The van der Waals surface area contributed by atoms with Gasteiger partial charge in [0.15, 0.2) is 0 Å². The van der Waals surface area contributed by atoms with Gasteiger partial charge in [0.05, 0.1) is 36.5 Å². The summed E-state index contributed by atoms with van der Waals surface area (Å²) in [5, 5.41) is 7.76. The first-order valence-corrected chi connectivity index (χ1v) is 12.9. The third-order valence-corrected chi connectivity index (χ3v) is 6.69. The van der Waals surface area contributed by atoms with Gasteiger partial charge < -0.3 is 10.1 Å². The summed E-state index contributed by atoms with van der Waals surface area (Å²) in [5.74, 6) is 6.38. The van der Waals surface area contributed by atoms with Gasteiger partial charge in [0.2, 0.25) is 0 Å². The van der Waals surface area contributed by atoms with Gasteiger partial charge in [-0.05, 0) is 48.4 Å². The fourth-order valence-corrected chi connectivity index (χ4v) is 4.40. The number of aromatic nitrogens is 3. The number of carbonyl (C=O) groups excluding carboxylic acids is 1. The number of nitrogens with zero attached hydrogens (tertiary/aromatic N) is 4. The van der Waals surface area contributed by atoms with Crippen molar-refractivity contribution in [3.05, 3.63) is 100 Å². The molecule has 7 nitrogen and oxygen atoms in total. The molecule has 0 saturated carbocycles. The summed E-state index contributed by atoms with van der Waals surface area (Å²) in [6.07, 6.45) is 5.46. The van der Waals surface area contributed by atoms with Gasteiger partial charge in [0.1, 0.15) is 5.82 Å². The van der Waals surface area contributed by atoms with E-state index in [1.165, 1.54) is 0 Å². The van der Waals surface area contributed by atoms with Crippen molar-refractivity contribution in [2.24, 2.45) is 0 Å². The number of aryl methyl sites for hydroxylation is 1. The van der Waals surface area contributed by atoms with Crippen molar-refractivity contribution in [2.45, 2.75) is 13.5 Å². The Labute approximate surface area is 227 Å². The van der Waals surface area contributed by atoms with Crippen LogP contribution in [0, 0.1) is 18.8 Å². The summed E-state index contributed by atoms with van der Waals surface area (Å²) in [4.78, 5) is 19.9. The Kier molecular flexibility index (Phi) is 8.15. The lowest BCUT2D eigenvalue weighted by Gasteiger charge is -2.26. The molecule has 192 valence electrons. The van der Waals surface area contributed by atoms with E-state index >= 15 is 0 Å².